The Morgan fingerprint density at radius 1 is 1.00 bits per heavy atom. The van der Waals surface area contributed by atoms with Crippen LogP contribution in [0.1, 0.15) is 26.3 Å². The number of aromatic nitrogens is 1. The first-order chi connectivity index (χ1) is 8.45. The molecule has 0 aliphatic heterocycles. The van der Waals surface area contributed by atoms with Gasteiger partial charge in [-0.2, -0.15) is 0 Å². The van der Waals surface area contributed by atoms with Gasteiger partial charge in [-0.15, -0.1) is 0 Å². The molecule has 0 unspecified atom stereocenters. The van der Waals surface area contributed by atoms with Gasteiger partial charge < -0.3 is 10.5 Å². The minimum atomic E-state index is 0.150. The average molecular weight is 242 g/mol. The minimum absolute atomic E-state index is 0.150. The van der Waals surface area contributed by atoms with E-state index >= 15 is 0 Å². The Balaban J connectivity index is 2.16. The molecule has 1 heterocycles. The number of nitrogens with zero attached hydrogens (tertiary/aromatic N) is 1. The van der Waals surface area contributed by atoms with Crippen molar-refractivity contribution in [2.75, 3.05) is 5.73 Å². The van der Waals surface area contributed by atoms with Crippen molar-refractivity contribution in [3.05, 3.63) is 48.3 Å². The Bertz CT molecular complexity index is 527. The molecule has 0 amide bonds. The van der Waals surface area contributed by atoms with E-state index < -0.39 is 0 Å². The summed E-state index contributed by atoms with van der Waals surface area (Å²) >= 11 is 0. The van der Waals surface area contributed by atoms with E-state index in [9.17, 15) is 0 Å². The van der Waals surface area contributed by atoms with E-state index in [1.807, 2.05) is 12.1 Å². The highest BCUT2D eigenvalue weighted by Crippen LogP contribution is 2.27. The third kappa shape index (κ3) is 3.00. The highest BCUT2D eigenvalue weighted by Gasteiger charge is 2.13. The Morgan fingerprint density at radius 3 is 2.22 bits per heavy atom. The van der Waals surface area contributed by atoms with Crippen molar-refractivity contribution >= 4 is 5.69 Å². The molecule has 3 nitrogen and oxygen atoms in total. The third-order valence-electron chi connectivity index (χ3n) is 2.69. The summed E-state index contributed by atoms with van der Waals surface area (Å²) < 4.78 is 5.68. The number of nitrogen functional groups attached to an aromatic ring is 1. The topological polar surface area (TPSA) is 48.1 Å². The van der Waals surface area contributed by atoms with E-state index in [0.717, 1.165) is 5.75 Å². The maximum Gasteiger partial charge on any atom is 0.147 e. The predicted molar refractivity (Wildman–Crippen MR) is 73.9 cm³/mol. The van der Waals surface area contributed by atoms with Crippen LogP contribution in [0.25, 0.3) is 0 Å². The third-order valence-corrected chi connectivity index (χ3v) is 2.69. The highest BCUT2D eigenvalue weighted by atomic mass is 16.5. The Hall–Kier alpha value is -2.03. The van der Waals surface area contributed by atoms with E-state index in [1.54, 1.807) is 18.5 Å². The number of anilines is 1. The molecule has 0 saturated heterocycles. The molecule has 0 fully saturated rings. The molecular weight excluding hydrogens is 224 g/mol. The first-order valence-electron chi connectivity index (χ1n) is 5.94. The summed E-state index contributed by atoms with van der Waals surface area (Å²) in [7, 11) is 0. The van der Waals surface area contributed by atoms with Crippen LogP contribution in [0.3, 0.4) is 0 Å². The fourth-order valence-electron chi connectivity index (χ4n) is 1.65. The molecule has 94 valence electrons. The summed E-state index contributed by atoms with van der Waals surface area (Å²) in [5.41, 5.74) is 7.68. The molecule has 1 aromatic heterocycles. The predicted octanol–water partition coefficient (Wildman–Crippen LogP) is 3.75. The lowest BCUT2D eigenvalue weighted by atomic mass is 9.87. The summed E-state index contributed by atoms with van der Waals surface area (Å²) in [5, 5.41) is 0. The lowest BCUT2D eigenvalue weighted by molar-refractivity contribution is 0.479. The quantitative estimate of drug-likeness (QED) is 0.872. The van der Waals surface area contributed by atoms with Gasteiger partial charge in [0.15, 0.2) is 0 Å². The van der Waals surface area contributed by atoms with Crippen LogP contribution in [0.4, 0.5) is 5.69 Å². The van der Waals surface area contributed by atoms with Crippen LogP contribution >= 0.6 is 0 Å². The van der Waals surface area contributed by atoms with Gasteiger partial charge in [0.1, 0.15) is 11.5 Å². The molecule has 0 atom stereocenters. The number of nitrogens with two attached hydrogens (primary N) is 1. The average Bonchev–Trinajstić information content (AvgIpc) is 2.28. The lowest BCUT2D eigenvalue weighted by Crippen LogP contribution is -2.10. The zero-order valence-electron chi connectivity index (χ0n) is 11.0. The maximum absolute atomic E-state index is 5.68. The van der Waals surface area contributed by atoms with E-state index in [4.69, 9.17) is 10.5 Å². The van der Waals surface area contributed by atoms with Crippen molar-refractivity contribution in [1.29, 1.82) is 0 Å². The minimum Gasteiger partial charge on any atom is -0.456 e. The zero-order chi connectivity index (χ0) is 13.2. The van der Waals surface area contributed by atoms with E-state index in [1.165, 1.54) is 5.56 Å². The molecule has 0 spiro atoms. The molecule has 1 aromatic carbocycles. The van der Waals surface area contributed by atoms with Gasteiger partial charge in [0.2, 0.25) is 0 Å². The molecule has 0 aliphatic carbocycles. The van der Waals surface area contributed by atoms with Crippen LogP contribution in [0.15, 0.2) is 42.7 Å². The van der Waals surface area contributed by atoms with Gasteiger partial charge in [0, 0.05) is 6.07 Å². The number of hydrogen-bond donors (Lipinski definition) is 1. The maximum atomic E-state index is 5.68. The number of rotatable bonds is 2. The van der Waals surface area contributed by atoms with Crippen LogP contribution in [-0.4, -0.2) is 4.98 Å². The normalized spacial score (nSPS) is 11.3. The first-order valence-corrected chi connectivity index (χ1v) is 5.94. The van der Waals surface area contributed by atoms with Gasteiger partial charge in [0.25, 0.3) is 0 Å². The fourth-order valence-corrected chi connectivity index (χ4v) is 1.65. The van der Waals surface area contributed by atoms with E-state index in [0.29, 0.717) is 11.4 Å². The van der Waals surface area contributed by atoms with Crippen molar-refractivity contribution < 1.29 is 4.74 Å². The second kappa shape index (κ2) is 4.69. The van der Waals surface area contributed by atoms with Gasteiger partial charge in [-0.1, -0.05) is 32.9 Å². The largest absolute Gasteiger partial charge is 0.456 e. The molecule has 18 heavy (non-hydrogen) atoms. The van der Waals surface area contributed by atoms with Crippen molar-refractivity contribution in [2.24, 2.45) is 0 Å². The summed E-state index contributed by atoms with van der Waals surface area (Å²) in [5.74, 6) is 1.44. The lowest BCUT2D eigenvalue weighted by Gasteiger charge is -2.19. The van der Waals surface area contributed by atoms with Crippen LogP contribution in [0.2, 0.25) is 0 Å². The van der Waals surface area contributed by atoms with Gasteiger partial charge in [-0.05, 0) is 23.1 Å². The Morgan fingerprint density at radius 2 is 1.67 bits per heavy atom. The van der Waals surface area contributed by atoms with Gasteiger partial charge in [-0.3, -0.25) is 4.98 Å². The van der Waals surface area contributed by atoms with Crippen molar-refractivity contribution in [2.45, 2.75) is 26.2 Å². The molecule has 0 bridgehead atoms. The number of ether oxygens (including phenoxy) is 1. The monoisotopic (exact) mass is 242 g/mol. The molecular formula is C15H18N2O. The first kappa shape index (κ1) is 12.4. The van der Waals surface area contributed by atoms with Crippen molar-refractivity contribution in [3.63, 3.8) is 0 Å². The van der Waals surface area contributed by atoms with E-state index in [-0.39, 0.29) is 5.41 Å². The standard InChI is InChI=1S/C15H18N2O/c1-15(2,3)11-4-6-13(7-5-11)18-14-8-12(16)9-17-10-14/h4-10H,16H2,1-3H3. The molecule has 0 saturated carbocycles. The Labute approximate surface area is 108 Å². The zero-order valence-corrected chi connectivity index (χ0v) is 11.0. The van der Waals surface area contributed by atoms with Crippen LogP contribution in [-0.2, 0) is 5.41 Å². The highest BCUT2D eigenvalue weighted by molar-refractivity contribution is 5.42. The van der Waals surface area contributed by atoms with Crippen molar-refractivity contribution in [3.8, 4) is 11.5 Å². The van der Waals surface area contributed by atoms with Gasteiger partial charge in [-0.25, -0.2) is 0 Å². The molecule has 0 aliphatic rings. The van der Waals surface area contributed by atoms with Crippen molar-refractivity contribution in [1.82, 2.24) is 4.98 Å². The Kier molecular flexibility index (Phi) is 3.24. The van der Waals surface area contributed by atoms with Crippen LogP contribution < -0.4 is 10.5 Å². The number of benzene rings is 1. The van der Waals surface area contributed by atoms with Crippen LogP contribution in [0.5, 0.6) is 11.5 Å². The molecule has 2 N–H and O–H groups in total. The smallest absolute Gasteiger partial charge is 0.147 e. The molecule has 3 heteroatoms. The van der Waals surface area contributed by atoms with Gasteiger partial charge in [0.05, 0.1) is 18.1 Å². The molecule has 2 aromatic rings. The second-order valence-corrected chi connectivity index (χ2v) is 5.33. The summed E-state index contributed by atoms with van der Waals surface area (Å²) in [6.45, 7) is 6.56. The number of pyridine rings is 1. The molecule has 2 rings (SSSR count). The van der Waals surface area contributed by atoms with Crippen LogP contribution in [0, 0.1) is 0 Å². The fraction of sp³-hybridized carbons (Fsp3) is 0.267. The van der Waals surface area contributed by atoms with E-state index in [2.05, 4.69) is 37.9 Å². The van der Waals surface area contributed by atoms with Gasteiger partial charge >= 0.3 is 0 Å². The summed E-state index contributed by atoms with van der Waals surface area (Å²) in [6.07, 6.45) is 3.24. The summed E-state index contributed by atoms with van der Waals surface area (Å²) in [6, 6.07) is 9.84. The molecule has 0 radical (unpaired) electrons. The SMILES string of the molecule is CC(C)(C)c1ccc(Oc2cncc(N)c2)cc1. The summed E-state index contributed by atoms with van der Waals surface area (Å²) in [4.78, 5) is 3.99. The second-order valence-electron chi connectivity index (χ2n) is 5.33. The number of hydrogen-bond acceptors (Lipinski definition) is 3.